The maximum atomic E-state index is 12.3. The molecule has 0 amide bonds. The van der Waals surface area contributed by atoms with Gasteiger partial charge in [-0.1, -0.05) is 0 Å². The van der Waals surface area contributed by atoms with E-state index in [2.05, 4.69) is 19.9 Å². The molecule has 5 N–H and O–H groups in total. The Labute approximate surface area is 141 Å². The number of nitrogens with two attached hydrogens (primary N) is 2. The van der Waals surface area contributed by atoms with Crippen LogP contribution in [0.4, 0.5) is 11.8 Å². The molecule has 25 heavy (non-hydrogen) atoms. The first-order valence-corrected chi connectivity index (χ1v) is 7.52. The lowest BCUT2D eigenvalue weighted by molar-refractivity contribution is -0.151. The first-order valence-electron chi connectivity index (χ1n) is 7.52. The van der Waals surface area contributed by atoms with E-state index in [0.29, 0.717) is 0 Å². The molecule has 0 aliphatic carbocycles. The molecule has 2 rings (SSSR count). The molecule has 1 atom stereocenters. The number of nitrogens with zero attached hydrogens (tertiary/aromatic N) is 3. The van der Waals surface area contributed by atoms with Crippen LogP contribution in [-0.4, -0.2) is 45.1 Å². The van der Waals surface area contributed by atoms with E-state index in [4.69, 9.17) is 20.9 Å². The highest BCUT2D eigenvalue weighted by molar-refractivity contribution is 5.86. The van der Waals surface area contributed by atoms with Gasteiger partial charge in [-0.25, -0.2) is 4.98 Å². The van der Waals surface area contributed by atoms with Crippen molar-refractivity contribution in [1.82, 2.24) is 19.9 Å². The summed E-state index contributed by atoms with van der Waals surface area (Å²) >= 11 is 0. The fraction of sp³-hybridized carbons (Fsp3) is 0.429. The quantitative estimate of drug-likeness (QED) is 0.574. The van der Waals surface area contributed by atoms with Crippen LogP contribution >= 0.6 is 0 Å². The van der Waals surface area contributed by atoms with Gasteiger partial charge < -0.3 is 25.9 Å². The minimum absolute atomic E-state index is 0.0255. The van der Waals surface area contributed by atoms with Gasteiger partial charge >= 0.3 is 11.9 Å². The SMILES string of the molecule is CCOC(=O)CC(C(=O)OCC)c1nc2c(N)nc(N)nc2[nH]c1=O. The third-order valence-electron chi connectivity index (χ3n) is 3.20. The molecule has 0 saturated carbocycles. The van der Waals surface area contributed by atoms with Crippen LogP contribution in [0.25, 0.3) is 11.2 Å². The largest absolute Gasteiger partial charge is 0.466 e. The van der Waals surface area contributed by atoms with Crippen LogP contribution in [0, 0.1) is 0 Å². The van der Waals surface area contributed by atoms with Gasteiger partial charge in [-0.15, -0.1) is 0 Å². The van der Waals surface area contributed by atoms with Gasteiger partial charge in [0.1, 0.15) is 17.1 Å². The number of anilines is 2. The van der Waals surface area contributed by atoms with Gasteiger partial charge in [-0.3, -0.25) is 14.4 Å². The zero-order valence-electron chi connectivity index (χ0n) is 13.7. The summed E-state index contributed by atoms with van der Waals surface area (Å²) in [7, 11) is 0. The molecule has 0 aliphatic rings. The summed E-state index contributed by atoms with van der Waals surface area (Å²) in [6.45, 7) is 3.44. The number of ether oxygens (including phenoxy) is 2. The number of H-pyrrole nitrogens is 1. The van der Waals surface area contributed by atoms with Gasteiger partial charge in [-0.05, 0) is 13.8 Å². The first kappa shape index (κ1) is 18.1. The maximum Gasteiger partial charge on any atom is 0.315 e. The maximum absolute atomic E-state index is 12.3. The van der Waals surface area contributed by atoms with Crippen molar-refractivity contribution in [2.45, 2.75) is 26.2 Å². The summed E-state index contributed by atoms with van der Waals surface area (Å²) in [6, 6.07) is 0. The van der Waals surface area contributed by atoms with Crippen molar-refractivity contribution in [3.05, 3.63) is 16.0 Å². The van der Waals surface area contributed by atoms with Gasteiger partial charge in [0.25, 0.3) is 5.56 Å². The summed E-state index contributed by atoms with van der Waals surface area (Å²) in [5.41, 5.74) is 10.3. The highest BCUT2D eigenvalue weighted by Crippen LogP contribution is 2.21. The second-order valence-corrected chi connectivity index (χ2v) is 4.93. The van der Waals surface area contributed by atoms with E-state index >= 15 is 0 Å². The smallest absolute Gasteiger partial charge is 0.315 e. The van der Waals surface area contributed by atoms with E-state index in [1.807, 2.05) is 0 Å². The van der Waals surface area contributed by atoms with E-state index in [-0.39, 0.29) is 41.8 Å². The standard InChI is InChI=1S/C14H18N6O5/c1-3-24-7(21)5-6(13(23)25-4-2)8-12(22)19-11-9(17-8)10(15)18-14(16)20-11/h6H,3-5H2,1-2H3,(H5,15,16,18,19,20,22). The Kier molecular flexibility index (Phi) is 5.47. The van der Waals surface area contributed by atoms with Gasteiger partial charge in [0.05, 0.1) is 19.6 Å². The number of nitrogen functional groups attached to an aromatic ring is 2. The van der Waals surface area contributed by atoms with Crippen LogP contribution in [0.15, 0.2) is 4.79 Å². The van der Waals surface area contributed by atoms with Crippen LogP contribution in [-0.2, 0) is 19.1 Å². The Morgan fingerprint density at radius 1 is 1.12 bits per heavy atom. The fourth-order valence-corrected chi connectivity index (χ4v) is 2.19. The van der Waals surface area contributed by atoms with E-state index in [0.717, 1.165) is 0 Å². The van der Waals surface area contributed by atoms with E-state index in [1.54, 1.807) is 13.8 Å². The van der Waals surface area contributed by atoms with Crippen molar-refractivity contribution in [3.63, 3.8) is 0 Å². The van der Waals surface area contributed by atoms with Gasteiger partial charge in [0.15, 0.2) is 11.5 Å². The zero-order chi connectivity index (χ0) is 18.6. The summed E-state index contributed by atoms with van der Waals surface area (Å²) in [5, 5.41) is 0. The molecule has 11 nitrogen and oxygen atoms in total. The highest BCUT2D eigenvalue weighted by Gasteiger charge is 2.30. The van der Waals surface area contributed by atoms with Crippen LogP contribution in [0.2, 0.25) is 0 Å². The molecular weight excluding hydrogens is 332 g/mol. The Hall–Kier alpha value is -3.24. The lowest BCUT2D eigenvalue weighted by Gasteiger charge is -2.14. The number of carbonyl (C=O) groups is 2. The summed E-state index contributed by atoms with van der Waals surface area (Å²) in [6.07, 6.45) is -0.399. The van der Waals surface area contributed by atoms with Crippen molar-refractivity contribution in [3.8, 4) is 0 Å². The van der Waals surface area contributed by atoms with Crippen molar-refractivity contribution in [2.24, 2.45) is 0 Å². The number of esters is 2. The minimum Gasteiger partial charge on any atom is -0.466 e. The third kappa shape index (κ3) is 4.00. The predicted molar refractivity (Wildman–Crippen MR) is 87.4 cm³/mol. The second kappa shape index (κ2) is 7.55. The van der Waals surface area contributed by atoms with Crippen LogP contribution in [0.5, 0.6) is 0 Å². The molecule has 2 aromatic heterocycles. The number of aromatic nitrogens is 4. The van der Waals surface area contributed by atoms with Gasteiger partial charge in [0, 0.05) is 0 Å². The molecule has 0 radical (unpaired) electrons. The number of hydrogen-bond donors (Lipinski definition) is 3. The molecular formula is C14H18N6O5. The number of fused-ring (bicyclic) bond motifs is 1. The summed E-state index contributed by atoms with van der Waals surface area (Å²) in [4.78, 5) is 50.4. The van der Waals surface area contributed by atoms with Crippen LogP contribution < -0.4 is 17.0 Å². The Morgan fingerprint density at radius 3 is 2.44 bits per heavy atom. The van der Waals surface area contributed by atoms with E-state index in [9.17, 15) is 14.4 Å². The Bertz CT molecular complexity index is 865. The van der Waals surface area contributed by atoms with Gasteiger partial charge in [-0.2, -0.15) is 9.97 Å². The normalized spacial score (nSPS) is 11.9. The molecule has 1 unspecified atom stereocenters. The summed E-state index contributed by atoms with van der Waals surface area (Å²) in [5.74, 6) is -2.89. The number of aromatic amines is 1. The van der Waals surface area contributed by atoms with E-state index < -0.39 is 29.8 Å². The molecule has 0 fully saturated rings. The number of hydrogen-bond acceptors (Lipinski definition) is 10. The van der Waals surface area contributed by atoms with Crippen LogP contribution in [0.1, 0.15) is 31.9 Å². The molecule has 0 aromatic carbocycles. The fourth-order valence-electron chi connectivity index (χ4n) is 2.19. The van der Waals surface area contributed by atoms with Crippen LogP contribution in [0.3, 0.4) is 0 Å². The van der Waals surface area contributed by atoms with Crippen molar-refractivity contribution < 1.29 is 19.1 Å². The van der Waals surface area contributed by atoms with Gasteiger partial charge in [0.2, 0.25) is 5.95 Å². The van der Waals surface area contributed by atoms with Crippen molar-refractivity contribution in [1.29, 1.82) is 0 Å². The molecule has 134 valence electrons. The van der Waals surface area contributed by atoms with Crippen molar-refractivity contribution in [2.75, 3.05) is 24.7 Å². The third-order valence-corrected chi connectivity index (χ3v) is 3.20. The lowest BCUT2D eigenvalue weighted by atomic mass is 10.0. The number of nitrogens with one attached hydrogen (secondary N) is 1. The Morgan fingerprint density at radius 2 is 1.80 bits per heavy atom. The zero-order valence-corrected chi connectivity index (χ0v) is 13.7. The molecule has 0 bridgehead atoms. The van der Waals surface area contributed by atoms with Crippen molar-refractivity contribution >= 4 is 34.9 Å². The second-order valence-electron chi connectivity index (χ2n) is 4.93. The lowest BCUT2D eigenvalue weighted by Crippen LogP contribution is -2.28. The number of rotatable bonds is 6. The molecule has 0 aliphatic heterocycles. The Balaban J connectivity index is 2.55. The predicted octanol–water partition coefficient (Wildman–Crippen LogP) is -0.523. The average Bonchev–Trinajstić information content (AvgIpc) is 2.52. The molecule has 11 heteroatoms. The topological polar surface area (TPSA) is 176 Å². The summed E-state index contributed by atoms with van der Waals surface area (Å²) < 4.78 is 9.77. The average molecular weight is 350 g/mol. The molecule has 0 saturated heterocycles. The number of carbonyl (C=O) groups excluding carboxylic acids is 2. The molecule has 2 heterocycles. The monoisotopic (exact) mass is 350 g/mol. The highest BCUT2D eigenvalue weighted by atomic mass is 16.5. The molecule has 2 aromatic rings. The minimum atomic E-state index is -1.25. The first-order chi connectivity index (χ1) is 11.9. The molecule has 0 spiro atoms. The van der Waals surface area contributed by atoms with E-state index in [1.165, 1.54) is 0 Å².